The lowest BCUT2D eigenvalue weighted by atomic mass is 10.1. The number of carbonyl (C=O) groups is 1. The molecular weight excluding hydrogens is 467 g/mol. The third-order valence-corrected chi connectivity index (χ3v) is 6.78. The maximum atomic E-state index is 13.9. The monoisotopic (exact) mass is 485 g/mol. The Morgan fingerprint density at radius 1 is 1.18 bits per heavy atom. The summed E-state index contributed by atoms with van der Waals surface area (Å²) < 4.78 is 43.5. The number of nitrogens with zero attached hydrogens (tertiary/aromatic N) is 4. The smallest absolute Gasteiger partial charge is 0.265 e. The van der Waals surface area contributed by atoms with Gasteiger partial charge in [0.15, 0.2) is 28.3 Å². The zero-order valence-electron chi connectivity index (χ0n) is 18.1. The molecule has 0 saturated heterocycles. The van der Waals surface area contributed by atoms with Gasteiger partial charge in [-0.15, -0.1) is 0 Å². The lowest BCUT2D eigenvalue weighted by molar-refractivity contribution is -0.116. The minimum atomic E-state index is -1.66. The molecule has 7 nitrogen and oxygen atoms in total. The molecule has 11 heteroatoms. The predicted octanol–water partition coefficient (Wildman–Crippen LogP) is 4.29. The van der Waals surface area contributed by atoms with Crippen molar-refractivity contribution in [1.82, 2.24) is 19.3 Å². The van der Waals surface area contributed by atoms with Gasteiger partial charge in [-0.1, -0.05) is 29.5 Å². The number of aryl methyl sites for hydroxylation is 2. The molecule has 1 aliphatic heterocycles. The minimum Gasteiger partial charge on any atom is -0.323 e. The Labute approximate surface area is 195 Å². The summed E-state index contributed by atoms with van der Waals surface area (Å²) in [5, 5.41) is 7.37. The molecule has 0 bridgehead atoms. The Morgan fingerprint density at radius 3 is 2.74 bits per heavy atom. The number of halogens is 3. The van der Waals surface area contributed by atoms with Gasteiger partial charge in [0, 0.05) is 12.2 Å². The lowest BCUT2D eigenvalue weighted by Gasteiger charge is -2.14. The molecular formula is C23H18F3N5O2S. The normalized spacial score (nSPS) is 15.0. The predicted molar refractivity (Wildman–Crippen MR) is 122 cm³/mol. The van der Waals surface area contributed by atoms with Crippen molar-refractivity contribution in [2.45, 2.75) is 31.5 Å². The van der Waals surface area contributed by atoms with Crippen LogP contribution in [0.15, 0.2) is 46.5 Å². The van der Waals surface area contributed by atoms with Crippen LogP contribution < -0.4 is 10.9 Å². The number of anilines is 1. The number of carbonyl (C=O) groups excluding carboxylic acids is 1. The molecule has 5 rings (SSSR count). The first-order chi connectivity index (χ1) is 16.2. The average Bonchev–Trinajstić information content (AvgIpc) is 3.39. The van der Waals surface area contributed by atoms with Crippen LogP contribution in [0.1, 0.15) is 23.6 Å². The molecule has 1 unspecified atom stereocenters. The molecule has 174 valence electrons. The fourth-order valence-corrected chi connectivity index (χ4v) is 5.17. The Bertz CT molecular complexity index is 1530. The molecule has 2 aromatic heterocycles. The molecule has 3 heterocycles. The van der Waals surface area contributed by atoms with E-state index in [9.17, 15) is 22.8 Å². The summed E-state index contributed by atoms with van der Waals surface area (Å²) in [4.78, 5) is 30.4. The molecule has 0 spiro atoms. The molecule has 0 saturated carbocycles. The van der Waals surface area contributed by atoms with Gasteiger partial charge in [-0.25, -0.2) is 22.8 Å². The molecule has 0 radical (unpaired) electrons. The lowest BCUT2D eigenvalue weighted by Crippen LogP contribution is -2.28. The summed E-state index contributed by atoms with van der Waals surface area (Å²) in [7, 11) is 0. The number of fused-ring (bicyclic) bond motifs is 2. The standard InChI is InChI=1S/C23H18F3N5O2S/c1-11-3-6-17(12(2)7-11)31-21-14(9-27-31)22(33)30-13(10-34-23(30)29-21)8-18(32)28-16-5-4-15(24)19(25)20(16)26/h3-7,9,13H,8,10H2,1-2H3,(H,28,32). The first-order valence-electron chi connectivity index (χ1n) is 10.4. The fraction of sp³-hybridized carbons (Fsp3) is 0.217. The fourth-order valence-electron chi connectivity index (χ4n) is 4.04. The summed E-state index contributed by atoms with van der Waals surface area (Å²) in [6.45, 7) is 3.94. The minimum absolute atomic E-state index is 0.170. The van der Waals surface area contributed by atoms with Crippen LogP contribution in [0.25, 0.3) is 16.7 Å². The van der Waals surface area contributed by atoms with Gasteiger partial charge in [0.1, 0.15) is 5.39 Å². The molecule has 1 N–H and O–H groups in total. The first kappa shape index (κ1) is 22.2. The van der Waals surface area contributed by atoms with Crippen LogP contribution >= 0.6 is 11.8 Å². The molecule has 1 atom stereocenters. The molecule has 1 amide bonds. The van der Waals surface area contributed by atoms with Crippen molar-refractivity contribution in [1.29, 1.82) is 0 Å². The van der Waals surface area contributed by atoms with Crippen molar-refractivity contribution in [3.63, 3.8) is 0 Å². The maximum absolute atomic E-state index is 13.9. The van der Waals surface area contributed by atoms with E-state index < -0.39 is 35.1 Å². The van der Waals surface area contributed by atoms with Crippen molar-refractivity contribution < 1.29 is 18.0 Å². The third kappa shape index (κ3) is 3.65. The van der Waals surface area contributed by atoms with Crippen LogP contribution in [-0.4, -0.2) is 31.0 Å². The summed E-state index contributed by atoms with van der Waals surface area (Å²) in [6, 6.07) is 7.02. The van der Waals surface area contributed by atoms with Gasteiger partial charge >= 0.3 is 0 Å². The maximum Gasteiger partial charge on any atom is 0.265 e. The highest BCUT2D eigenvalue weighted by molar-refractivity contribution is 7.99. The second kappa shape index (κ2) is 8.32. The number of rotatable bonds is 4. The van der Waals surface area contributed by atoms with Gasteiger partial charge < -0.3 is 5.32 Å². The largest absolute Gasteiger partial charge is 0.323 e. The highest BCUT2D eigenvalue weighted by Gasteiger charge is 2.30. The highest BCUT2D eigenvalue weighted by Crippen LogP contribution is 2.34. The van der Waals surface area contributed by atoms with Crippen molar-refractivity contribution in [3.05, 3.63) is 75.5 Å². The van der Waals surface area contributed by atoms with Crippen molar-refractivity contribution in [2.75, 3.05) is 11.1 Å². The Hall–Kier alpha value is -3.60. The highest BCUT2D eigenvalue weighted by atomic mass is 32.2. The van der Waals surface area contributed by atoms with Crippen molar-refractivity contribution in [2.24, 2.45) is 0 Å². The van der Waals surface area contributed by atoms with Gasteiger partial charge in [-0.2, -0.15) is 5.10 Å². The summed E-state index contributed by atoms with van der Waals surface area (Å²) in [5.74, 6) is -4.72. The van der Waals surface area contributed by atoms with Crippen LogP contribution in [0.5, 0.6) is 0 Å². The Balaban J connectivity index is 1.45. The van der Waals surface area contributed by atoms with Crippen LogP contribution in [0.3, 0.4) is 0 Å². The van der Waals surface area contributed by atoms with Gasteiger partial charge in [-0.3, -0.25) is 14.2 Å². The van der Waals surface area contributed by atoms with Crippen molar-refractivity contribution >= 4 is 34.4 Å². The Morgan fingerprint density at radius 2 is 1.97 bits per heavy atom. The first-order valence-corrected chi connectivity index (χ1v) is 11.4. The average molecular weight is 485 g/mol. The zero-order valence-corrected chi connectivity index (χ0v) is 18.9. The van der Waals surface area contributed by atoms with E-state index in [1.54, 1.807) is 4.68 Å². The van der Waals surface area contributed by atoms with Gasteiger partial charge in [0.25, 0.3) is 5.56 Å². The number of hydrogen-bond acceptors (Lipinski definition) is 5. The molecule has 34 heavy (non-hydrogen) atoms. The van der Waals surface area contributed by atoms with Crippen LogP contribution in [-0.2, 0) is 4.79 Å². The van der Waals surface area contributed by atoms with Crippen LogP contribution in [0.2, 0.25) is 0 Å². The zero-order chi connectivity index (χ0) is 24.1. The summed E-state index contributed by atoms with van der Waals surface area (Å²) in [5.41, 5.74) is 2.52. The second-order valence-corrected chi connectivity index (χ2v) is 9.08. The quantitative estimate of drug-likeness (QED) is 0.345. The summed E-state index contributed by atoms with van der Waals surface area (Å²) >= 11 is 1.32. The Kier molecular flexibility index (Phi) is 5.43. The molecule has 0 fully saturated rings. The molecule has 2 aromatic carbocycles. The number of amides is 1. The second-order valence-electron chi connectivity index (χ2n) is 8.09. The van der Waals surface area contributed by atoms with Crippen LogP contribution in [0.4, 0.5) is 18.9 Å². The number of aromatic nitrogens is 4. The van der Waals surface area contributed by atoms with Gasteiger partial charge in [-0.05, 0) is 37.6 Å². The van der Waals surface area contributed by atoms with E-state index in [0.717, 1.165) is 28.9 Å². The third-order valence-electron chi connectivity index (χ3n) is 5.68. The summed E-state index contributed by atoms with van der Waals surface area (Å²) in [6.07, 6.45) is 1.28. The number of thioether (sulfide) groups is 1. The topological polar surface area (TPSA) is 81.8 Å². The van der Waals surface area contributed by atoms with E-state index in [-0.39, 0.29) is 12.0 Å². The van der Waals surface area contributed by atoms with E-state index in [1.165, 1.54) is 22.5 Å². The van der Waals surface area contributed by atoms with E-state index in [1.807, 2.05) is 32.0 Å². The number of benzene rings is 2. The number of hydrogen-bond donors (Lipinski definition) is 1. The van der Waals surface area contributed by atoms with E-state index in [2.05, 4.69) is 15.4 Å². The van der Waals surface area contributed by atoms with E-state index in [4.69, 9.17) is 0 Å². The molecule has 1 aliphatic rings. The van der Waals surface area contributed by atoms with Gasteiger partial charge in [0.05, 0.1) is 23.6 Å². The SMILES string of the molecule is Cc1ccc(-n2ncc3c(=O)n4c(nc32)SCC4CC(=O)Nc2ccc(F)c(F)c2F)c(C)c1. The molecule has 4 aromatic rings. The van der Waals surface area contributed by atoms with Crippen LogP contribution in [0, 0.1) is 31.3 Å². The van der Waals surface area contributed by atoms with E-state index in [0.29, 0.717) is 21.9 Å². The van der Waals surface area contributed by atoms with Crippen molar-refractivity contribution in [3.8, 4) is 5.69 Å². The van der Waals surface area contributed by atoms with Gasteiger partial charge in [0.2, 0.25) is 5.91 Å². The number of nitrogens with one attached hydrogen (secondary N) is 1. The molecule has 0 aliphatic carbocycles. The van der Waals surface area contributed by atoms with E-state index >= 15 is 0 Å².